The van der Waals surface area contributed by atoms with Gasteiger partial charge in [0.15, 0.2) is 0 Å². The van der Waals surface area contributed by atoms with Crippen LogP contribution in [0.3, 0.4) is 0 Å². The van der Waals surface area contributed by atoms with Crippen molar-refractivity contribution in [3.05, 3.63) is 70.0 Å². The largest absolute Gasteiger partial charge is 0.304 e. The van der Waals surface area contributed by atoms with Gasteiger partial charge in [-0.3, -0.25) is 0 Å². The van der Waals surface area contributed by atoms with E-state index in [0.717, 1.165) is 5.56 Å². The van der Waals surface area contributed by atoms with Gasteiger partial charge >= 0.3 is 0 Å². The van der Waals surface area contributed by atoms with Crippen LogP contribution in [0.25, 0.3) is 0 Å². The van der Waals surface area contributed by atoms with Gasteiger partial charge < -0.3 is 5.32 Å². The van der Waals surface area contributed by atoms with Gasteiger partial charge in [-0.05, 0) is 44.0 Å². The molecule has 2 aromatic rings. The Labute approximate surface area is 124 Å². The molecule has 0 radical (unpaired) electrons. The van der Waals surface area contributed by atoms with Crippen LogP contribution in [-0.4, -0.2) is 0 Å². The van der Waals surface area contributed by atoms with Crippen molar-refractivity contribution in [2.45, 2.75) is 32.9 Å². The van der Waals surface area contributed by atoms with E-state index in [9.17, 15) is 4.39 Å². The zero-order valence-electron chi connectivity index (χ0n) is 12.0. The van der Waals surface area contributed by atoms with E-state index < -0.39 is 0 Å². The van der Waals surface area contributed by atoms with Gasteiger partial charge in [-0.2, -0.15) is 0 Å². The first-order valence-electron chi connectivity index (χ1n) is 6.75. The summed E-state index contributed by atoms with van der Waals surface area (Å²) in [6.45, 7) is 6.21. The number of nitrogens with one attached hydrogen (secondary N) is 1. The lowest BCUT2D eigenvalue weighted by molar-refractivity contribution is 0.492. The smallest absolute Gasteiger partial charge is 0.142 e. The number of hydrogen-bond donors (Lipinski definition) is 1. The highest BCUT2D eigenvalue weighted by Crippen LogP contribution is 2.23. The van der Waals surface area contributed by atoms with Crippen molar-refractivity contribution >= 4 is 11.6 Å². The van der Waals surface area contributed by atoms with Gasteiger partial charge in [0.2, 0.25) is 0 Å². The Morgan fingerprint density at radius 3 is 2.25 bits per heavy atom. The maximum atomic E-state index is 13.5. The third-order valence-corrected chi connectivity index (χ3v) is 3.79. The Kier molecular flexibility index (Phi) is 4.79. The van der Waals surface area contributed by atoms with Crippen molar-refractivity contribution in [3.8, 4) is 0 Å². The maximum Gasteiger partial charge on any atom is 0.142 e. The Morgan fingerprint density at radius 2 is 1.65 bits per heavy atom. The van der Waals surface area contributed by atoms with Crippen molar-refractivity contribution in [3.63, 3.8) is 0 Å². The minimum Gasteiger partial charge on any atom is -0.304 e. The summed E-state index contributed by atoms with van der Waals surface area (Å²) in [5.41, 5.74) is 3.36. The van der Waals surface area contributed by atoms with Crippen molar-refractivity contribution in [1.82, 2.24) is 5.32 Å². The van der Waals surface area contributed by atoms with Gasteiger partial charge in [0.1, 0.15) is 5.82 Å². The fourth-order valence-electron chi connectivity index (χ4n) is 2.29. The molecule has 20 heavy (non-hydrogen) atoms. The topological polar surface area (TPSA) is 12.0 Å². The second-order valence-corrected chi connectivity index (χ2v) is 5.60. The quantitative estimate of drug-likeness (QED) is 0.816. The van der Waals surface area contributed by atoms with Gasteiger partial charge in [-0.1, -0.05) is 47.5 Å². The molecule has 3 heteroatoms. The second kappa shape index (κ2) is 6.38. The van der Waals surface area contributed by atoms with Crippen LogP contribution in [0.2, 0.25) is 5.02 Å². The van der Waals surface area contributed by atoms with Crippen molar-refractivity contribution in [1.29, 1.82) is 0 Å². The average Bonchev–Trinajstić information content (AvgIpc) is 2.41. The second-order valence-electron chi connectivity index (χ2n) is 5.20. The molecule has 0 heterocycles. The maximum absolute atomic E-state index is 13.5. The van der Waals surface area contributed by atoms with Crippen LogP contribution in [0, 0.1) is 12.7 Å². The van der Waals surface area contributed by atoms with Crippen LogP contribution in [0.1, 0.15) is 42.6 Å². The molecule has 0 aliphatic carbocycles. The van der Waals surface area contributed by atoms with E-state index in [1.807, 2.05) is 13.0 Å². The van der Waals surface area contributed by atoms with Gasteiger partial charge in [-0.15, -0.1) is 0 Å². The average molecular weight is 292 g/mol. The highest BCUT2D eigenvalue weighted by Gasteiger charge is 2.12. The third-order valence-electron chi connectivity index (χ3n) is 3.49. The minimum absolute atomic E-state index is 0.0530. The monoisotopic (exact) mass is 291 g/mol. The molecule has 1 N–H and O–H groups in total. The number of halogens is 2. The highest BCUT2D eigenvalue weighted by molar-refractivity contribution is 6.30. The van der Waals surface area contributed by atoms with E-state index >= 15 is 0 Å². The lowest BCUT2D eigenvalue weighted by Crippen LogP contribution is -2.22. The number of rotatable bonds is 4. The molecule has 0 fully saturated rings. The van der Waals surface area contributed by atoms with E-state index in [-0.39, 0.29) is 22.9 Å². The third kappa shape index (κ3) is 3.59. The summed E-state index contributed by atoms with van der Waals surface area (Å²) in [5, 5.41) is 3.64. The van der Waals surface area contributed by atoms with Crippen LogP contribution in [0.5, 0.6) is 0 Å². The number of benzene rings is 2. The number of hydrogen-bond acceptors (Lipinski definition) is 1. The molecule has 0 bridgehead atoms. The summed E-state index contributed by atoms with van der Waals surface area (Å²) >= 11 is 5.71. The van der Waals surface area contributed by atoms with Gasteiger partial charge in [-0.25, -0.2) is 4.39 Å². The van der Waals surface area contributed by atoms with Gasteiger partial charge in [0.05, 0.1) is 5.02 Å². The standard InChI is InChI=1S/C17H19ClFN/c1-11-5-4-6-14(9-11)12(2)20-13(3)15-7-8-16(18)17(19)10-15/h4-10,12-13,20H,1-3H3/t12-,13?/m0/s1. The normalized spacial score (nSPS) is 14.1. The first kappa shape index (κ1) is 15.0. The summed E-state index contributed by atoms with van der Waals surface area (Å²) in [4.78, 5) is 0. The van der Waals surface area contributed by atoms with E-state index in [2.05, 4.69) is 43.4 Å². The molecule has 1 unspecified atom stereocenters. The molecule has 106 valence electrons. The lowest BCUT2D eigenvalue weighted by atomic mass is 10.0. The van der Waals surface area contributed by atoms with Gasteiger partial charge in [0.25, 0.3) is 0 Å². The minimum atomic E-state index is -0.374. The molecular formula is C17H19ClFN. The molecule has 2 aromatic carbocycles. The van der Waals surface area contributed by atoms with Crippen LogP contribution in [-0.2, 0) is 0 Å². The molecule has 0 aliphatic heterocycles. The molecule has 2 rings (SSSR count). The van der Waals surface area contributed by atoms with Crippen LogP contribution in [0.15, 0.2) is 42.5 Å². The van der Waals surface area contributed by atoms with Crippen molar-refractivity contribution in [2.24, 2.45) is 0 Å². The van der Waals surface area contributed by atoms with E-state index in [0.29, 0.717) is 0 Å². The predicted molar refractivity (Wildman–Crippen MR) is 82.6 cm³/mol. The van der Waals surface area contributed by atoms with Crippen molar-refractivity contribution in [2.75, 3.05) is 0 Å². The predicted octanol–water partition coefficient (Wildman–Crippen LogP) is 5.20. The summed E-state index contributed by atoms with van der Waals surface area (Å²) in [7, 11) is 0. The first-order chi connectivity index (χ1) is 9.47. The zero-order chi connectivity index (χ0) is 14.7. The lowest BCUT2D eigenvalue weighted by Gasteiger charge is -2.21. The molecule has 0 saturated carbocycles. The zero-order valence-corrected chi connectivity index (χ0v) is 12.7. The van der Waals surface area contributed by atoms with E-state index in [4.69, 9.17) is 11.6 Å². The molecule has 0 spiro atoms. The van der Waals surface area contributed by atoms with Crippen LogP contribution in [0.4, 0.5) is 4.39 Å². The molecule has 2 atom stereocenters. The highest BCUT2D eigenvalue weighted by atomic mass is 35.5. The summed E-state index contributed by atoms with van der Waals surface area (Å²) in [6, 6.07) is 13.6. The Morgan fingerprint density at radius 1 is 1.00 bits per heavy atom. The molecule has 0 aliphatic rings. The molecule has 0 saturated heterocycles. The Hall–Kier alpha value is -1.38. The molecule has 0 amide bonds. The summed E-state index contributed by atoms with van der Waals surface area (Å²) < 4.78 is 13.5. The van der Waals surface area contributed by atoms with Crippen LogP contribution < -0.4 is 5.32 Å². The molecular weight excluding hydrogens is 273 g/mol. The summed E-state index contributed by atoms with van der Waals surface area (Å²) in [6.07, 6.45) is 0. The fraction of sp³-hybridized carbons (Fsp3) is 0.294. The molecule has 0 aromatic heterocycles. The first-order valence-corrected chi connectivity index (χ1v) is 7.12. The van der Waals surface area contributed by atoms with Crippen molar-refractivity contribution < 1.29 is 4.39 Å². The fourth-order valence-corrected chi connectivity index (χ4v) is 2.41. The molecule has 1 nitrogen and oxygen atoms in total. The summed E-state index contributed by atoms with van der Waals surface area (Å²) in [5.74, 6) is -0.374. The van der Waals surface area contributed by atoms with E-state index in [1.165, 1.54) is 17.2 Å². The SMILES string of the molecule is Cc1cccc([C@H](C)NC(C)c2ccc(Cl)c(F)c2)c1. The number of aryl methyl sites for hydroxylation is 1. The Bertz CT molecular complexity index is 597. The van der Waals surface area contributed by atoms with E-state index in [1.54, 1.807) is 6.07 Å². The van der Waals surface area contributed by atoms with Gasteiger partial charge in [0, 0.05) is 12.1 Å². The van der Waals surface area contributed by atoms with Crippen LogP contribution >= 0.6 is 11.6 Å². The Balaban J connectivity index is 2.10.